The van der Waals surface area contributed by atoms with Gasteiger partial charge in [0, 0.05) is 16.4 Å². The maximum Gasteiger partial charge on any atom is 0.282 e. The highest BCUT2D eigenvalue weighted by Crippen LogP contribution is 2.27. The first-order valence-electron chi connectivity index (χ1n) is 8.72. The summed E-state index contributed by atoms with van der Waals surface area (Å²) in [5.41, 5.74) is 2.35. The third-order valence-corrected chi connectivity index (χ3v) is 4.92. The van der Waals surface area contributed by atoms with Gasteiger partial charge < -0.3 is 5.32 Å². The van der Waals surface area contributed by atoms with Crippen LogP contribution in [0.1, 0.15) is 19.8 Å². The summed E-state index contributed by atoms with van der Waals surface area (Å²) >= 11 is 3.47. The second-order valence-corrected chi connectivity index (χ2v) is 7.16. The van der Waals surface area contributed by atoms with Gasteiger partial charge in [0.05, 0.1) is 16.7 Å². The Morgan fingerprint density at radius 2 is 2.04 bits per heavy atom. The number of rotatable bonds is 5. The molecule has 2 aromatic carbocycles. The molecule has 0 unspecified atom stereocenters. The number of hydrogen-bond donors (Lipinski definition) is 2. The molecule has 0 saturated heterocycles. The summed E-state index contributed by atoms with van der Waals surface area (Å²) in [7, 11) is 0. The SMILES string of the molecule is CCCCNc1nc2ccccc2c2[nH]n(-c3cccc(Br)c3)c(=O)c12. The van der Waals surface area contributed by atoms with Crippen LogP contribution in [0.3, 0.4) is 0 Å². The Morgan fingerprint density at radius 3 is 2.85 bits per heavy atom. The van der Waals surface area contributed by atoms with Crippen molar-refractivity contribution in [2.45, 2.75) is 19.8 Å². The molecule has 6 heteroatoms. The fraction of sp³-hybridized carbons (Fsp3) is 0.200. The predicted molar refractivity (Wildman–Crippen MR) is 110 cm³/mol. The van der Waals surface area contributed by atoms with Crippen LogP contribution in [0, 0.1) is 0 Å². The zero-order valence-corrected chi connectivity index (χ0v) is 16.0. The molecule has 4 rings (SSSR count). The molecule has 2 N–H and O–H groups in total. The van der Waals surface area contributed by atoms with Crippen molar-refractivity contribution in [2.24, 2.45) is 0 Å². The van der Waals surface area contributed by atoms with Crippen LogP contribution < -0.4 is 10.9 Å². The van der Waals surface area contributed by atoms with Gasteiger partial charge in [-0.25, -0.2) is 9.67 Å². The number of nitrogens with one attached hydrogen (secondary N) is 2. The molecule has 0 radical (unpaired) electrons. The second kappa shape index (κ2) is 6.96. The summed E-state index contributed by atoms with van der Waals surface area (Å²) in [4.78, 5) is 17.9. The van der Waals surface area contributed by atoms with Crippen molar-refractivity contribution in [1.82, 2.24) is 14.8 Å². The molecular formula is C20H19BrN4O. The van der Waals surface area contributed by atoms with E-state index < -0.39 is 0 Å². The predicted octanol–water partition coefficient (Wildman–Crippen LogP) is 4.84. The Morgan fingerprint density at radius 1 is 1.19 bits per heavy atom. The van der Waals surface area contributed by atoms with E-state index in [4.69, 9.17) is 4.98 Å². The van der Waals surface area contributed by atoms with E-state index in [-0.39, 0.29) is 5.56 Å². The van der Waals surface area contributed by atoms with Gasteiger partial charge in [-0.15, -0.1) is 0 Å². The van der Waals surface area contributed by atoms with Crippen LogP contribution in [0.4, 0.5) is 5.82 Å². The van der Waals surface area contributed by atoms with E-state index in [9.17, 15) is 4.79 Å². The molecule has 0 spiro atoms. The Hall–Kier alpha value is -2.60. The quantitative estimate of drug-likeness (QED) is 0.462. The summed E-state index contributed by atoms with van der Waals surface area (Å²) < 4.78 is 2.50. The van der Waals surface area contributed by atoms with Gasteiger partial charge in [-0.05, 0) is 30.7 Å². The van der Waals surface area contributed by atoms with Gasteiger partial charge >= 0.3 is 0 Å². The summed E-state index contributed by atoms with van der Waals surface area (Å²) in [6.07, 6.45) is 2.11. The van der Waals surface area contributed by atoms with Gasteiger partial charge in [-0.2, -0.15) is 0 Å². The highest BCUT2D eigenvalue weighted by Gasteiger charge is 2.17. The number of halogens is 1. The van der Waals surface area contributed by atoms with Gasteiger partial charge in [0.1, 0.15) is 11.2 Å². The largest absolute Gasteiger partial charge is 0.369 e. The first-order chi connectivity index (χ1) is 12.7. The monoisotopic (exact) mass is 410 g/mol. The number of fused-ring (bicyclic) bond motifs is 3. The number of unbranched alkanes of at least 4 members (excludes halogenated alkanes) is 1. The maximum atomic E-state index is 13.2. The zero-order chi connectivity index (χ0) is 18.1. The topological polar surface area (TPSA) is 62.7 Å². The smallest absolute Gasteiger partial charge is 0.282 e. The van der Waals surface area contributed by atoms with Gasteiger partial charge in [0.2, 0.25) is 0 Å². The van der Waals surface area contributed by atoms with Crippen LogP contribution in [0.25, 0.3) is 27.5 Å². The van der Waals surface area contributed by atoms with Gasteiger partial charge in [0.25, 0.3) is 5.56 Å². The van der Waals surface area contributed by atoms with E-state index in [0.717, 1.165) is 46.0 Å². The van der Waals surface area contributed by atoms with Crippen molar-refractivity contribution in [3.05, 3.63) is 63.4 Å². The molecule has 0 bridgehead atoms. The van der Waals surface area contributed by atoms with E-state index in [0.29, 0.717) is 11.2 Å². The zero-order valence-electron chi connectivity index (χ0n) is 14.4. The minimum absolute atomic E-state index is 0.102. The van der Waals surface area contributed by atoms with Crippen LogP contribution in [0.2, 0.25) is 0 Å². The van der Waals surface area contributed by atoms with Crippen LogP contribution >= 0.6 is 15.9 Å². The summed E-state index contributed by atoms with van der Waals surface area (Å²) in [6, 6.07) is 15.5. The molecule has 0 aliphatic carbocycles. The van der Waals surface area contributed by atoms with Crippen LogP contribution in [0.15, 0.2) is 57.8 Å². The van der Waals surface area contributed by atoms with Crippen molar-refractivity contribution in [2.75, 3.05) is 11.9 Å². The maximum absolute atomic E-state index is 13.2. The van der Waals surface area contributed by atoms with Crippen LogP contribution in [-0.2, 0) is 0 Å². The third kappa shape index (κ3) is 2.90. The van der Waals surface area contributed by atoms with Crippen LogP contribution in [0.5, 0.6) is 0 Å². The normalized spacial score (nSPS) is 11.3. The summed E-state index contributed by atoms with van der Waals surface area (Å²) in [6.45, 7) is 2.93. The van der Waals surface area contributed by atoms with Crippen molar-refractivity contribution >= 4 is 43.6 Å². The number of aromatic amines is 1. The van der Waals surface area contributed by atoms with E-state index in [2.05, 4.69) is 33.3 Å². The number of benzene rings is 2. The van der Waals surface area contributed by atoms with E-state index in [1.165, 1.54) is 0 Å². The van der Waals surface area contributed by atoms with Crippen molar-refractivity contribution in [3.8, 4) is 5.69 Å². The Balaban J connectivity index is 1.99. The summed E-state index contributed by atoms with van der Waals surface area (Å²) in [5.74, 6) is 0.641. The average molecular weight is 411 g/mol. The van der Waals surface area contributed by atoms with E-state index in [1.807, 2.05) is 48.5 Å². The van der Waals surface area contributed by atoms with E-state index in [1.54, 1.807) is 4.68 Å². The molecule has 132 valence electrons. The fourth-order valence-electron chi connectivity index (χ4n) is 3.12. The van der Waals surface area contributed by atoms with Crippen molar-refractivity contribution in [1.29, 1.82) is 0 Å². The molecule has 26 heavy (non-hydrogen) atoms. The van der Waals surface area contributed by atoms with Gasteiger partial charge in [-0.3, -0.25) is 9.89 Å². The molecule has 0 amide bonds. The number of hydrogen-bond acceptors (Lipinski definition) is 3. The minimum atomic E-state index is -0.102. The lowest BCUT2D eigenvalue weighted by atomic mass is 10.1. The number of aromatic nitrogens is 3. The number of nitrogens with zero attached hydrogens (tertiary/aromatic N) is 2. The minimum Gasteiger partial charge on any atom is -0.369 e. The van der Waals surface area contributed by atoms with Gasteiger partial charge in [0.15, 0.2) is 0 Å². The first kappa shape index (κ1) is 16.8. The van der Waals surface area contributed by atoms with Crippen LogP contribution in [-0.4, -0.2) is 21.3 Å². The molecule has 0 atom stereocenters. The lowest BCUT2D eigenvalue weighted by molar-refractivity contribution is 0.832. The van der Waals surface area contributed by atoms with Crippen molar-refractivity contribution in [3.63, 3.8) is 0 Å². The molecule has 2 aromatic heterocycles. The second-order valence-electron chi connectivity index (χ2n) is 6.24. The third-order valence-electron chi connectivity index (χ3n) is 4.42. The number of H-pyrrole nitrogens is 1. The fourth-order valence-corrected chi connectivity index (χ4v) is 3.51. The molecule has 0 aliphatic rings. The van der Waals surface area contributed by atoms with E-state index >= 15 is 0 Å². The number of anilines is 1. The molecule has 2 heterocycles. The molecule has 0 fully saturated rings. The molecule has 0 aliphatic heterocycles. The lowest BCUT2D eigenvalue weighted by Crippen LogP contribution is -2.15. The van der Waals surface area contributed by atoms with Gasteiger partial charge in [-0.1, -0.05) is 53.5 Å². The Kier molecular flexibility index (Phi) is 4.51. The molecule has 5 nitrogen and oxygen atoms in total. The standard InChI is InChI=1S/C20H19BrN4O/c1-2-3-11-22-19-17-18(15-9-4-5-10-16(15)23-19)24-25(20(17)26)14-8-6-7-13(21)12-14/h4-10,12,24H,2-3,11H2,1H3,(H,22,23). The average Bonchev–Trinajstić information content (AvgIpc) is 3.00. The van der Waals surface area contributed by atoms with Crippen molar-refractivity contribution < 1.29 is 0 Å². The summed E-state index contributed by atoms with van der Waals surface area (Å²) in [5, 5.41) is 8.16. The molecule has 0 saturated carbocycles. The molecule has 4 aromatic rings. The lowest BCUT2D eigenvalue weighted by Gasteiger charge is -2.07. The first-order valence-corrected chi connectivity index (χ1v) is 9.51. The Labute approximate surface area is 159 Å². The molecular weight excluding hydrogens is 392 g/mol. The highest BCUT2D eigenvalue weighted by atomic mass is 79.9. The highest BCUT2D eigenvalue weighted by molar-refractivity contribution is 9.10. The number of para-hydroxylation sites is 1. The Bertz CT molecular complexity index is 1150. The number of pyridine rings is 1.